The van der Waals surface area contributed by atoms with Crippen LogP contribution >= 0.6 is 0 Å². The Morgan fingerprint density at radius 1 is 1.48 bits per heavy atom. The molecule has 2 heterocycles. The fraction of sp³-hybridized carbons (Fsp3) is 0.375. The molecule has 21 heavy (non-hydrogen) atoms. The number of rotatable bonds is 3. The number of nitrogens with zero attached hydrogens (tertiary/aromatic N) is 2. The minimum absolute atomic E-state index is 0.211. The molecule has 1 atom stereocenters. The Labute approximate surface area is 123 Å². The third-order valence-corrected chi connectivity index (χ3v) is 3.55. The number of aromatic nitrogens is 1. The van der Waals surface area contributed by atoms with Crippen LogP contribution in [-0.2, 0) is 11.2 Å². The maximum atomic E-state index is 11.7. The molecule has 1 aliphatic rings. The first-order valence-electron chi connectivity index (χ1n) is 7.17. The molecule has 1 aliphatic heterocycles. The molecule has 1 aromatic heterocycles. The van der Waals surface area contributed by atoms with Crippen molar-refractivity contribution in [2.45, 2.75) is 20.3 Å². The average molecular weight is 286 g/mol. The first kappa shape index (κ1) is 13.7. The van der Waals surface area contributed by atoms with Crippen LogP contribution in [0.4, 0.5) is 11.7 Å². The number of ether oxygens (including phenoxy) is 1. The van der Waals surface area contributed by atoms with Crippen LogP contribution in [0.5, 0.6) is 0 Å². The van der Waals surface area contributed by atoms with E-state index in [1.807, 2.05) is 17.0 Å². The van der Waals surface area contributed by atoms with Crippen molar-refractivity contribution < 1.29 is 13.9 Å². The van der Waals surface area contributed by atoms with E-state index < -0.39 is 5.97 Å². The number of benzene rings is 1. The van der Waals surface area contributed by atoms with Crippen LogP contribution in [0.1, 0.15) is 29.9 Å². The second-order valence-corrected chi connectivity index (χ2v) is 5.28. The van der Waals surface area contributed by atoms with Crippen LogP contribution < -0.4 is 4.90 Å². The van der Waals surface area contributed by atoms with Gasteiger partial charge in [0, 0.05) is 12.2 Å². The van der Waals surface area contributed by atoms with Gasteiger partial charge in [-0.15, -0.1) is 0 Å². The van der Waals surface area contributed by atoms with E-state index in [2.05, 4.69) is 24.0 Å². The standard InChI is InChI=1S/C16H18N2O3/c1-3-20-15(19)13-10-21-16(17-13)18-9-11(2)8-12-6-4-5-7-14(12)18/h4-7,10-11H,3,8-9H2,1-2H3. The highest BCUT2D eigenvalue weighted by Crippen LogP contribution is 2.34. The van der Waals surface area contributed by atoms with Gasteiger partial charge >= 0.3 is 12.0 Å². The Bertz CT molecular complexity index is 650. The summed E-state index contributed by atoms with van der Waals surface area (Å²) >= 11 is 0. The highest BCUT2D eigenvalue weighted by molar-refractivity contribution is 5.87. The third-order valence-electron chi connectivity index (χ3n) is 3.55. The van der Waals surface area contributed by atoms with Gasteiger partial charge in [-0.05, 0) is 30.9 Å². The summed E-state index contributed by atoms with van der Waals surface area (Å²) in [6.07, 6.45) is 2.40. The largest absolute Gasteiger partial charge is 0.461 e. The fourth-order valence-electron chi connectivity index (χ4n) is 2.66. The Hall–Kier alpha value is -2.30. The van der Waals surface area contributed by atoms with Gasteiger partial charge in [-0.2, -0.15) is 4.98 Å². The molecular formula is C16H18N2O3. The summed E-state index contributed by atoms with van der Waals surface area (Å²) in [5.74, 6) is 0.0451. The summed E-state index contributed by atoms with van der Waals surface area (Å²) in [6.45, 7) is 5.10. The van der Waals surface area contributed by atoms with Gasteiger partial charge in [0.05, 0.1) is 6.61 Å². The van der Waals surface area contributed by atoms with Crippen LogP contribution in [-0.4, -0.2) is 24.1 Å². The maximum absolute atomic E-state index is 11.7. The van der Waals surface area contributed by atoms with Crippen molar-refractivity contribution in [2.75, 3.05) is 18.1 Å². The zero-order valence-corrected chi connectivity index (χ0v) is 12.2. The predicted octanol–water partition coefficient (Wildman–Crippen LogP) is 3.18. The molecule has 3 rings (SSSR count). The van der Waals surface area contributed by atoms with E-state index in [1.54, 1.807) is 6.92 Å². The second-order valence-electron chi connectivity index (χ2n) is 5.28. The second kappa shape index (κ2) is 5.60. The average Bonchev–Trinajstić information content (AvgIpc) is 2.96. The van der Waals surface area contributed by atoms with Gasteiger partial charge in [0.15, 0.2) is 5.69 Å². The van der Waals surface area contributed by atoms with Crippen molar-refractivity contribution in [3.8, 4) is 0 Å². The van der Waals surface area contributed by atoms with Gasteiger partial charge in [-0.1, -0.05) is 25.1 Å². The fourth-order valence-corrected chi connectivity index (χ4v) is 2.66. The number of hydrogen-bond acceptors (Lipinski definition) is 5. The van der Waals surface area contributed by atoms with Crippen molar-refractivity contribution in [2.24, 2.45) is 5.92 Å². The van der Waals surface area contributed by atoms with Crippen molar-refractivity contribution in [3.05, 3.63) is 41.8 Å². The summed E-state index contributed by atoms with van der Waals surface area (Å²) in [7, 11) is 0. The first-order valence-corrected chi connectivity index (χ1v) is 7.17. The molecule has 1 unspecified atom stereocenters. The quantitative estimate of drug-likeness (QED) is 0.811. The summed E-state index contributed by atoms with van der Waals surface area (Å²) < 4.78 is 10.4. The van der Waals surface area contributed by atoms with Gasteiger partial charge in [0.25, 0.3) is 0 Å². The van der Waals surface area contributed by atoms with E-state index in [0.29, 0.717) is 18.5 Å². The van der Waals surface area contributed by atoms with Crippen molar-refractivity contribution in [1.29, 1.82) is 0 Å². The van der Waals surface area contributed by atoms with Gasteiger partial charge < -0.3 is 9.15 Å². The van der Waals surface area contributed by atoms with Crippen molar-refractivity contribution in [3.63, 3.8) is 0 Å². The normalized spacial score (nSPS) is 17.4. The lowest BCUT2D eigenvalue weighted by Gasteiger charge is -2.31. The summed E-state index contributed by atoms with van der Waals surface area (Å²) in [6, 6.07) is 8.64. The first-order chi connectivity index (χ1) is 10.2. The number of carbonyl (C=O) groups is 1. The number of carbonyl (C=O) groups excluding carboxylic acids is 1. The highest BCUT2D eigenvalue weighted by Gasteiger charge is 2.26. The molecular weight excluding hydrogens is 268 g/mol. The number of para-hydroxylation sites is 1. The van der Waals surface area contributed by atoms with Crippen LogP contribution in [0.25, 0.3) is 0 Å². The topological polar surface area (TPSA) is 55.6 Å². The van der Waals surface area contributed by atoms with E-state index in [-0.39, 0.29) is 5.69 Å². The van der Waals surface area contributed by atoms with E-state index in [0.717, 1.165) is 18.7 Å². The molecule has 5 heteroatoms. The lowest BCUT2D eigenvalue weighted by molar-refractivity contribution is 0.0519. The summed E-state index contributed by atoms with van der Waals surface area (Å²) in [5.41, 5.74) is 2.57. The smallest absolute Gasteiger partial charge is 0.360 e. The van der Waals surface area contributed by atoms with E-state index >= 15 is 0 Å². The molecule has 0 spiro atoms. The molecule has 0 radical (unpaired) electrons. The summed E-state index contributed by atoms with van der Waals surface area (Å²) in [5, 5.41) is 0. The number of anilines is 2. The van der Waals surface area contributed by atoms with Crippen LogP contribution in [0.3, 0.4) is 0 Å². The van der Waals surface area contributed by atoms with Gasteiger partial charge in [-0.3, -0.25) is 4.90 Å². The van der Waals surface area contributed by atoms with E-state index in [1.165, 1.54) is 11.8 Å². The Morgan fingerprint density at radius 3 is 3.10 bits per heavy atom. The molecule has 0 aliphatic carbocycles. The van der Waals surface area contributed by atoms with Crippen molar-refractivity contribution >= 4 is 17.7 Å². The monoisotopic (exact) mass is 286 g/mol. The lowest BCUT2D eigenvalue weighted by atomic mass is 9.94. The molecule has 110 valence electrons. The summed E-state index contributed by atoms with van der Waals surface area (Å²) in [4.78, 5) is 18.0. The zero-order valence-electron chi connectivity index (χ0n) is 12.2. The van der Waals surface area contributed by atoms with Crippen LogP contribution in [0.2, 0.25) is 0 Å². The third kappa shape index (κ3) is 2.63. The Balaban J connectivity index is 1.92. The molecule has 2 aromatic rings. The van der Waals surface area contributed by atoms with E-state index in [4.69, 9.17) is 9.15 Å². The minimum atomic E-state index is -0.453. The molecule has 0 bridgehead atoms. The predicted molar refractivity (Wildman–Crippen MR) is 78.8 cm³/mol. The number of fused-ring (bicyclic) bond motifs is 1. The van der Waals surface area contributed by atoms with Gasteiger partial charge in [0.2, 0.25) is 0 Å². The molecule has 0 fully saturated rings. The molecule has 5 nitrogen and oxygen atoms in total. The Morgan fingerprint density at radius 2 is 2.29 bits per heavy atom. The SMILES string of the molecule is CCOC(=O)c1coc(N2CC(C)Cc3ccccc32)n1. The molecule has 0 N–H and O–H groups in total. The van der Waals surface area contributed by atoms with Gasteiger partial charge in [0.1, 0.15) is 6.26 Å². The van der Waals surface area contributed by atoms with Crippen molar-refractivity contribution in [1.82, 2.24) is 4.98 Å². The number of oxazole rings is 1. The lowest BCUT2D eigenvalue weighted by Crippen LogP contribution is -2.30. The maximum Gasteiger partial charge on any atom is 0.360 e. The molecule has 0 saturated carbocycles. The van der Waals surface area contributed by atoms with Crippen LogP contribution in [0, 0.1) is 5.92 Å². The number of hydrogen-bond donors (Lipinski definition) is 0. The molecule has 0 amide bonds. The minimum Gasteiger partial charge on any atom is -0.461 e. The molecule has 0 saturated heterocycles. The Kier molecular flexibility index (Phi) is 3.64. The number of esters is 1. The van der Waals surface area contributed by atoms with E-state index in [9.17, 15) is 4.79 Å². The highest BCUT2D eigenvalue weighted by atomic mass is 16.5. The molecule has 1 aromatic carbocycles. The zero-order chi connectivity index (χ0) is 14.8. The van der Waals surface area contributed by atoms with Crippen LogP contribution in [0.15, 0.2) is 34.9 Å². The van der Waals surface area contributed by atoms with Gasteiger partial charge in [-0.25, -0.2) is 4.79 Å².